The zero-order valence-electron chi connectivity index (χ0n) is 7.83. The maximum absolute atomic E-state index is 11.1. The quantitative estimate of drug-likeness (QED) is 0.523. The van der Waals surface area contributed by atoms with Gasteiger partial charge in [-0.3, -0.25) is 4.79 Å². The summed E-state index contributed by atoms with van der Waals surface area (Å²) in [6.07, 6.45) is -1.73. The standard InChI is InChI=1S/C7H14N2O4/c1-4(10)5(6(11)8-2)9-7(12)13-3/h4-5,10H,1-3H3,(H,8,11)(H,9,12). The molecule has 0 saturated heterocycles. The number of hydrogen-bond acceptors (Lipinski definition) is 4. The molecule has 2 atom stereocenters. The van der Waals surface area contributed by atoms with Crippen LogP contribution in [-0.4, -0.2) is 43.4 Å². The second-order valence-corrected chi connectivity index (χ2v) is 2.47. The number of nitrogens with one attached hydrogen (secondary N) is 2. The van der Waals surface area contributed by atoms with Crippen molar-refractivity contribution in [2.24, 2.45) is 0 Å². The third kappa shape index (κ3) is 3.75. The highest BCUT2D eigenvalue weighted by Crippen LogP contribution is 1.93. The molecule has 76 valence electrons. The molecule has 3 N–H and O–H groups in total. The summed E-state index contributed by atoms with van der Waals surface area (Å²) in [6, 6.07) is -0.988. The summed E-state index contributed by atoms with van der Waals surface area (Å²) < 4.78 is 4.28. The number of methoxy groups -OCH3 is 1. The SMILES string of the molecule is CNC(=O)C(NC(=O)OC)C(C)O. The van der Waals surface area contributed by atoms with E-state index in [-0.39, 0.29) is 0 Å². The van der Waals surface area contributed by atoms with E-state index >= 15 is 0 Å². The van der Waals surface area contributed by atoms with Gasteiger partial charge in [-0.25, -0.2) is 4.79 Å². The second kappa shape index (κ2) is 5.36. The van der Waals surface area contributed by atoms with Crippen molar-refractivity contribution in [3.63, 3.8) is 0 Å². The number of amides is 2. The fourth-order valence-electron chi connectivity index (χ4n) is 0.747. The molecule has 0 heterocycles. The van der Waals surface area contributed by atoms with E-state index in [0.29, 0.717) is 0 Å². The van der Waals surface area contributed by atoms with E-state index in [0.717, 1.165) is 0 Å². The summed E-state index contributed by atoms with van der Waals surface area (Å²) >= 11 is 0. The van der Waals surface area contributed by atoms with Crippen molar-refractivity contribution in [3.05, 3.63) is 0 Å². The molecule has 0 fully saturated rings. The molecule has 0 radical (unpaired) electrons. The van der Waals surface area contributed by atoms with Crippen LogP contribution in [0.2, 0.25) is 0 Å². The Morgan fingerprint density at radius 3 is 2.31 bits per heavy atom. The molecule has 0 spiro atoms. The molecule has 0 aliphatic carbocycles. The minimum atomic E-state index is -0.988. The van der Waals surface area contributed by atoms with Crippen LogP contribution in [0.3, 0.4) is 0 Å². The number of aliphatic hydroxyl groups excluding tert-OH is 1. The molecule has 0 aromatic heterocycles. The summed E-state index contributed by atoms with van der Waals surface area (Å²) in [5, 5.41) is 13.6. The van der Waals surface area contributed by atoms with Gasteiger partial charge in [0.15, 0.2) is 0 Å². The largest absolute Gasteiger partial charge is 0.453 e. The van der Waals surface area contributed by atoms with Crippen LogP contribution >= 0.6 is 0 Å². The van der Waals surface area contributed by atoms with Gasteiger partial charge in [-0.2, -0.15) is 0 Å². The van der Waals surface area contributed by atoms with E-state index in [1.54, 1.807) is 0 Å². The van der Waals surface area contributed by atoms with Crippen LogP contribution in [0.1, 0.15) is 6.92 Å². The Bertz CT molecular complexity index is 193. The van der Waals surface area contributed by atoms with Gasteiger partial charge >= 0.3 is 6.09 Å². The normalized spacial score (nSPS) is 14.2. The van der Waals surface area contributed by atoms with Gasteiger partial charge in [0.25, 0.3) is 0 Å². The van der Waals surface area contributed by atoms with Gasteiger partial charge in [0.1, 0.15) is 6.04 Å². The average molecular weight is 190 g/mol. The van der Waals surface area contributed by atoms with Crippen molar-refractivity contribution in [1.82, 2.24) is 10.6 Å². The highest BCUT2D eigenvalue weighted by molar-refractivity contribution is 5.85. The molecule has 0 saturated carbocycles. The zero-order chi connectivity index (χ0) is 10.4. The summed E-state index contributed by atoms with van der Waals surface area (Å²) in [4.78, 5) is 21.8. The monoisotopic (exact) mass is 190 g/mol. The third-order valence-corrected chi connectivity index (χ3v) is 1.47. The van der Waals surface area contributed by atoms with Gasteiger partial charge in [0.2, 0.25) is 5.91 Å². The minimum Gasteiger partial charge on any atom is -0.453 e. The van der Waals surface area contributed by atoms with Crippen molar-refractivity contribution in [3.8, 4) is 0 Å². The Labute approximate surface area is 76.3 Å². The highest BCUT2D eigenvalue weighted by Gasteiger charge is 2.24. The number of aliphatic hydroxyl groups is 1. The van der Waals surface area contributed by atoms with Gasteiger partial charge in [-0.05, 0) is 6.92 Å². The van der Waals surface area contributed by atoms with Gasteiger partial charge in [-0.1, -0.05) is 0 Å². The number of rotatable bonds is 3. The van der Waals surface area contributed by atoms with Gasteiger partial charge < -0.3 is 20.5 Å². The van der Waals surface area contributed by atoms with E-state index in [9.17, 15) is 9.59 Å². The van der Waals surface area contributed by atoms with Gasteiger partial charge in [-0.15, -0.1) is 0 Å². The highest BCUT2D eigenvalue weighted by atomic mass is 16.5. The summed E-state index contributed by atoms with van der Waals surface area (Å²) in [5.41, 5.74) is 0. The van der Waals surface area contributed by atoms with Crippen LogP contribution in [-0.2, 0) is 9.53 Å². The molecule has 0 aliphatic rings. The Kier molecular flexibility index (Phi) is 4.83. The van der Waals surface area contributed by atoms with E-state index in [4.69, 9.17) is 5.11 Å². The first kappa shape index (κ1) is 11.7. The first-order chi connectivity index (χ1) is 6.02. The average Bonchev–Trinajstić information content (AvgIpc) is 2.11. The Balaban J connectivity index is 4.26. The lowest BCUT2D eigenvalue weighted by molar-refractivity contribution is -0.124. The van der Waals surface area contributed by atoms with E-state index < -0.39 is 24.1 Å². The molecule has 13 heavy (non-hydrogen) atoms. The van der Waals surface area contributed by atoms with Gasteiger partial charge in [0.05, 0.1) is 13.2 Å². The molecular formula is C7H14N2O4. The molecule has 6 heteroatoms. The maximum atomic E-state index is 11.1. The third-order valence-electron chi connectivity index (χ3n) is 1.47. The van der Waals surface area contributed by atoms with Crippen molar-refractivity contribution >= 4 is 12.0 Å². The molecule has 0 bridgehead atoms. The molecule has 2 amide bonds. The van der Waals surface area contributed by atoms with Crippen LogP contribution in [0.4, 0.5) is 4.79 Å². The Morgan fingerprint density at radius 1 is 1.46 bits per heavy atom. The lowest BCUT2D eigenvalue weighted by atomic mass is 10.2. The number of hydrogen-bond donors (Lipinski definition) is 3. The van der Waals surface area contributed by atoms with Crippen molar-refractivity contribution in [1.29, 1.82) is 0 Å². The predicted octanol–water partition coefficient (Wildman–Crippen LogP) is -1.16. The summed E-state index contributed by atoms with van der Waals surface area (Å²) in [7, 11) is 2.59. The summed E-state index contributed by atoms with van der Waals surface area (Å²) in [5.74, 6) is -0.472. The topological polar surface area (TPSA) is 87.7 Å². The van der Waals surface area contributed by atoms with Crippen LogP contribution in [0.25, 0.3) is 0 Å². The smallest absolute Gasteiger partial charge is 0.407 e. The van der Waals surface area contributed by atoms with E-state index in [2.05, 4.69) is 15.4 Å². The first-order valence-electron chi connectivity index (χ1n) is 3.77. The fourth-order valence-corrected chi connectivity index (χ4v) is 0.747. The Hall–Kier alpha value is -1.30. The number of ether oxygens (including phenoxy) is 1. The molecule has 6 nitrogen and oxygen atoms in total. The minimum absolute atomic E-state index is 0.472. The van der Waals surface area contributed by atoms with Crippen molar-refractivity contribution in [2.45, 2.75) is 19.1 Å². The molecule has 0 aromatic rings. The molecular weight excluding hydrogens is 176 g/mol. The number of alkyl carbamates (subject to hydrolysis) is 1. The van der Waals surface area contributed by atoms with Crippen LogP contribution in [0, 0.1) is 0 Å². The zero-order valence-corrected chi connectivity index (χ0v) is 7.83. The lowest BCUT2D eigenvalue weighted by Gasteiger charge is -2.18. The molecule has 0 aliphatic heterocycles. The number of carbonyl (C=O) groups is 2. The maximum Gasteiger partial charge on any atom is 0.407 e. The van der Waals surface area contributed by atoms with Crippen LogP contribution < -0.4 is 10.6 Å². The molecule has 0 rings (SSSR count). The molecule has 2 unspecified atom stereocenters. The number of carbonyl (C=O) groups excluding carboxylic acids is 2. The fraction of sp³-hybridized carbons (Fsp3) is 0.714. The van der Waals surface area contributed by atoms with Crippen LogP contribution in [0.5, 0.6) is 0 Å². The Morgan fingerprint density at radius 2 is 2.00 bits per heavy atom. The lowest BCUT2D eigenvalue weighted by Crippen LogP contribution is -2.51. The van der Waals surface area contributed by atoms with E-state index in [1.165, 1.54) is 21.1 Å². The second-order valence-electron chi connectivity index (χ2n) is 2.47. The summed E-state index contributed by atoms with van der Waals surface area (Å²) in [6.45, 7) is 1.40. The number of likely N-dealkylation sites (N-methyl/N-ethyl adjacent to an activating group) is 1. The van der Waals surface area contributed by atoms with Crippen LogP contribution in [0.15, 0.2) is 0 Å². The molecule has 0 aromatic carbocycles. The van der Waals surface area contributed by atoms with Crippen molar-refractivity contribution < 1.29 is 19.4 Å². The van der Waals surface area contributed by atoms with E-state index in [1.807, 2.05) is 0 Å². The predicted molar refractivity (Wildman–Crippen MR) is 45.1 cm³/mol. The van der Waals surface area contributed by atoms with Crippen molar-refractivity contribution in [2.75, 3.05) is 14.2 Å². The first-order valence-corrected chi connectivity index (χ1v) is 3.77. The van der Waals surface area contributed by atoms with Gasteiger partial charge in [0, 0.05) is 7.05 Å².